The zero-order chi connectivity index (χ0) is 8.60. The lowest BCUT2D eigenvalue weighted by Gasteiger charge is -2.31. The number of aliphatic hydroxyl groups is 1. The van der Waals surface area contributed by atoms with Gasteiger partial charge >= 0.3 is 0 Å². The molecular weight excluding hydrogens is 152 g/mol. The molecule has 1 saturated heterocycles. The topological polar surface area (TPSA) is 32.8 Å². The normalized spacial score (nSPS) is 39.5. The lowest BCUT2D eigenvalue weighted by molar-refractivity contribution is -0.00953. The summed E-state index contributed by atoms with van der Waals surface area (Å²) in [4.78, 5) is 0. The predicted molar refractivity (Wildman–Crippen MR) is 47.0 cm³/mol. The molecule has 0 radical (unpaired) electrons. The molecule has 2 nitrogen and oxygen atoms in total. The minimum atomic E-state index is -0.381. The maximum absolute atomic E-state index is 10.1. The highest BCUT2D eigenvalue weighted by Gasteiger charge is 2.42. The first-order chi connectivity index (χ1) is 5.70. The monoisotopic (exact) mass is 170 g/mol. The molecular formula is C10H18O2. The first-order valence-electron chi connectivity index (χ1n) is 5.07. The van der Waals surface area contributed by atoms with Gasteiger partial charge in [0.05, 0.1) is 17.8 Å². The fourth-order valence-electron chi connectivity index (χ4n) is 2.23. The van der Waals surface area contributed by atoms with Gasteiger partial charge in [0.2, 0.25) is 0 Å². The van der Waals surface area contributed by atoms with Crippen LogP contribution in [0.15, 0.2) is 0 Å². The Balaban J connectivity index is 1.83. The summed E-state index contributed by atoms with van der Waals surface area (Å²) in [5.41, 5.74) is -0.381. The van der Waals surface area contributed by atoms with Crippen molar-refractivity contribution in [3.8, 4) is 0 Å². The Bertz CT molecular complexity index is 161. The van der Waals surface area contributed by atoms with Crippen LogP contribution in [-0.2, 0) is 4.74 Å². The van der Waals surface area contributed by atoms with Crippen LogP contribution < -0.4 is 0 Å². The lowest BCUT2D eigenvalue weighted by Crippen LogP contribution is -2.33. The van der Waals surface area contributed by atoms with Crippen molar-refractivity contribution < 1.29 is 9.84 Å². The van der Waals surface area contributed by atoms with E-state index in [4.69, 9.17) is 4.74 Å². The van der Waals surface area contributed by atoms with E-state index < -0.39 is 0 Å². The van der Waals surface area contributed by atoms with Crippen LogP contribution in [0.1, 0.15) is 45.4 Å². The second-order valence-corrected chi connectivity index (χ2v) is 4.37. The fraction of sp³-hybridized carbons (Fsp3) is 1.00. The summed E-state index contributed by atoms with van der Waals surface area (Å²) in [6.07, 6.45) is 7.27. The molecule has 12 heavy (non-hydrogen) atoms. The molecule has 1 N–H and O–H groups in total. The van der Waals surface area contributed by atoms with Gasteiger partial charge in [-0.05, 0) is 19.8 Å². The molecule has 0 bridgehead atoms. The Morgan fingerprint density at radius 1 is 1.33 bits per heavy atom. The Hall–Kier alpha value is -0.0800. The van der Waals surface area contributed by atoms with E-state index in [0.29, 0.717) is 12.2 Å². The predicted octanol–water partition coefficient (Wildman–Crippen LogP) is 1.86. The summed E-state index contributed by atoms with van der Waals surface area (Å²) in [7, 11) is 0. The maximum Gasteiger partial charge on any atom is 0.0866 e. The molecule has 2 atom stereocenters. The molecule has 2 rings (SSSR count). The number of epoxide rings is 1. The highest BCUT2D eigenvalue weighted by atomic mass is 16.6. The third kappa shape index (κ3) is 1.80. The molecule has 1 saturated carbocycles. The lowest BCUT2D eigenvalue weighted by atomic mass is 9.81. The number of rotatable bonds is 2. The highest BCUT2D eigenvalue weighted by Crippen LogP contribution is 2.37. The van der Waals surface area contributed by atoms with Gasteiger partial charge in [-0.1, -0.05) is 19.3 Å². The van der Waals surface area contributed by atoms with Crippen LogP contribution in [0.2, 0.25) is 0 Å². The van der Waals surface area contributed by atoms with Crippen molar-refractivity contribution >= 4 is 0 Å². The summed E-state index contributed by atoms with van der Waals surface area (Å²) >= 11 is 0. The van der Waals surface area contributed by atoms with Gasteiger partial charge in [-0.25, -0.2) is 0 Å². The Labute approximate surface area is 73.9 Å². The van der Waals surface area contributed by atoms with Gasteiger partial charge in [0.1, 0.15) is 0 Å². The van der Waals surface area contributed by atoms with Gasteiger partial charge in [-0.2, -0.15) is 0 Å². The first kappa shape index (κ1) is 8.52. The van der Waals surface area contributed by atoms with Crippen molar-refractivity contribution in [3.05, 3.63) is 0 Å². The van der Waals surface area contributed by atoms with Gasteiger partial charge in [-0.3, -0.25) is 0 Å². The van der Waals surface area contributed by atoms with Crippen LogP contribution >= 0.6 is 0 Å². The van der Waals surface area contributed by atoms with Crippen LogP contribution in [-0.4, -0.2) is 22.9 Å². The molecule has 1 heterocycles. The maximum atomic E-state index is 10.1. The van der Waals surface area contributed by atoms with Crippen molar-refractivity contribution in [3.63, 3.8) is 0 Å². The molecule has 1 aliphatic carbocycles. The van der Waals surface area contributed by atoms with Crippen LogP contribution in [0.4, 0.5) is 0 Å². The van der Waals surface area contributed by atoms with Crippen molar-refractivity contribution in [2.24, 2.45) is 0 Å². The quantitative estimate of drug-likeness (QED) is 0.642. The van der Waals surface area contributed by atoms with E-state index in [0.717, 1.165) is 19.3 Å². The number of hydrogen-bond acceptors (Lipinski definition) is 2. The van der Waals surface area contributed by atoms with Crippen molar-refractivity contribution in [2.75, 3.05) is 0 Å². The van der Waals surface area contributed by atoms with Gasteiger partial charge < -0.3 is 9.84 Å². The molecule has 2 heteroatoms. The van der Waals surface area contributed by atoms with Gasteiger partial charge in [0.15, 0.2) is 0 Å². The molecule has 0 spiro atoms. The zero-order valence-corrected chi connectivity index (χ0v) is 7.75. The minimum absolute atomic E-state index is 0.355. The van der Waals surface area contributed by atoms with E-state index in [1.807, 2.05) is 0 Å². The van der Waals surface area contributed by atoms with Gasteiger partial charge in [0, 0.05) is 6.42 Å². The Kier molecular flexibility index (Phi) is 2.13. The van der Waals surface area contributed by atoms with Crippen LogP contribution in [0.5, 0.6) is 0 Å². The highest BCUT2D eigenvalue weighted by molar-refractivity contribution is 4.92. The van der Waals surface area contributed by atoms with E-state index in [1.54, 1.807) is 0 Å². The standard InChI is InChI=1S/C10H18O2/c1-8-9(12-8)7-10(11)5-3-2-4-6-10/h8-9,11H,2-7H2,1H3. The van der Waals surface area contributed by atoms with Gasteiger partial charge in [0.25, 0.3) is 0 Å². The summed E-state index contributed by atoms with van der Waals surface area (Å²) < 4.78 is 5.32. The van der Waals surface area contributed by atoms with Crippen LogP contribution in [0, 0.1) is 0 Å². The molecule has 1 aliphatic heterocycles. The molecule has 0 aromatic carbocycles. The SMILES string of the molecule is CC1OC1CC1(O)CCCCC1. The second-order valence-electron chi connectivity index (χ2n) is 4.37. The fourth-order valence-corrected chi connectivity index (χ4v) is 2.23. The zero-order valence-electron chi connectivity index (χ0n) is 7.75. The van der Waals surface area contributed by atoms with E-state index in [2.05, 4.69) is 6.92 Å². The number of ether oxygens (including phenoxy) is 1. The van der Waals surface area contributed by atoms with E-state index >= 15 is 0 Å². The van der Waals surface area contributed by atoms with E-state index in [9.17, 15) is 5.11 Å². The van der Waals surface area contributed by atoms with Gasteiger partial charge in [-0.15, -0.1) is 0 Å². The molecule has 2 unspecified atom stereocenters. The Morgan fingerprint density at radius 3 is 2.42 bits per heavy atom. The molecule has 2 aliphatic rings. The minimum Gasteiger partial charge on any atom is -0.390 e. The third-order valence-electron chi connectivity index (χ3n) is 3.20. The summed E-state index contributed by atoms with van der Waals surface area (Å²) in [5.74, 6) is 0. The molecule has 70 valence electrons. The van der Waals surface area contributed by atoms with Crippen LogP contribution in [0.3, 0.4) is 0 Å². The average Bonchev–Trinajstić information content (AvgIpc) is 2.66. The van der Waals surface area contributed by atoms with Crippen LogP contribution in [0.25, 0.3) is 0 Å². The smallest absolute Gasteiger partial charge is 0.0866 e. The van der Waals surface area contributed by atoms with Crippen molar-refractivity contribution in [2.45, 2.75) is 63.3 Å². The summed E-state index contributed by atoms with van der Waals surface area (Å²) in [6, 6.07) is 0. The number of hydrogen-bond donors (Lipinski definition) is 1. The molecule has 0 aromatic rings. The van der Waals surface area contributed by atoms with E-state index in [-0.39, 0.29) is 5.60 Å². The summed E-state index contributed by atoms with van der Waals surface area (Å²) in [6.45, 7) is 2.08. The third-order valence-corrected chi connectivity index (χ3v) is 3.20. The first-order valence-corrected chi connectivity index (χ1v) is 5.07. The van der Waals surface area contributed by atoms with Crippen molar-refractivity contribution in [1.29, 1.82) is 0 Å². The largest absolute Gasteiger partial charge is 0.390 e. The molecule has 0 amide bonds. The molecule has 0 aromatic heterocycles. The van der Waals surface area contributed by atoms with E-state index in [1.165, 1.54) is 19.3 Å². The second kappa shape index (κ2) is 3.00. The van der Waals surface area contributed by atoms with Crippen molar-refractivity contribution in [1.82, 2.24) is 0 Å². The summed E-state index contributed by atoms with van der Waals surface area (Å²) in [5, 5.41) is 10.1. The average molecular weight is 170 g/mol. The molecule has 2 fully saturated rings. The Morgan fingerprint density at radius 2 is 1.92 bits per heavy atom.